The molecule has 0 aromatic rings. The van der Waals surface area contributed by atoms with Crippen LogP contribution >= 0.6 is 0 Å². The van der Waals surface area contributed by atoms with Gasteiger partial charge in [0.2, 0.25) is 0 Å². The third-order valence-electron chi connectivity index (χ3n) is 1.87. The van der Waals surface area contributed by atoms with Gasteiger partial charge in [0, 0.05) is 12.3 Å². The molecule has 0 bridgehead atoms. The van der Waals surface area contributed by atoms with Crippen LogP contribution in [0.15, 0.2) is 0 Å². The van der Waals surface area contributed by atoms with Crippen molar-refractivity contribution in [3.8, 4) is 11.8 Å². The Morgan fingerprint density at radius 1 is 1.50 bits per heavy atom. The van der Waals surface area contributed by atoms with Crippen molar-refractivity contribution in [3.05, 3.63) is 0 Å². The van der Waals surface area contributed by atoms with Crippen LogP contribution in [-0.2, 0) is 9.53 Å². The van der Waals surface area contributed by atoms with Crippen LogP contribution in [0, 0.1) is 11.8 Å². The van der Waals surface area contributed by atoms with Crippen LogP contribution in [0.4, 0.5) is 0 Å². The molecular weight excluding hydrogens is 180 g/mol. The second-order valence-electron chi connectivity index (χ2n) is 3.13. The number of carbonyl (C=O) groups excluding carboxylic acids is 1. The summed E-state index contributed by atoms with van der Waals surface area (Å²) in [6.45, 7) is 2.09. The fourth-order valence-corrected chi connectivity index (χ4v) is 1.01. The highest BCUT2D eigenvalue weighted by molar-refractivity contribution is 5.88. The number of methoxy groups -OCH3 is 1. The third kappa shape index (κ3) is 7.63. The molecule has 1 atom stereocenters. The summed E-state index contributed by atoms with van der Waals surface area (Å²) >= 11 is 0. The zero-order valence-electron chi connectivity index (χ0n) is 8.88. The molecule has 0 spiro atoms. The molecule has 0 aliphatic rings. The summed E-state index contributed by atoms with van der Waals surface area (Å²) in [5.41, 5.74) is 0. The molecule has 0 amide bonds. The molecule has 0 aliphatic carbocycles. The van der Waals surface area contributed by atoms with E-state index in [1.807, 2.05) is 0 Å². The van der Waals surface area contributed by atoms with Crippen LogP contribution in [0.5, 0.6) is 0 Å². The summed E-state index contributed by atoms with van der Waals surface area (Å²) in [6.07, 6.45) is 3.82. The Labute approximate surface area is 85.5 Å². The summed E-state index contributed by atoms with van der Waals surface area (Å²) < 4.78 is 4.35. The van der Waals surface area contributed by atoms with Gasteiger partial charge in [-0.05, 0) is 12.8 Å². The van der Waals surface area contributed by atoms with E-state index in [0.29, 0.717) is 12.8 Å². The Bertz CT molecular complexity index is 212. The summed E-state index contributed by atoms with van der Waals surface area (Å²) in [5.74, 6) is 4.46. The number of unbranched alkanes of at least 4 members (excludes halogenated alkanes) is 1. The maximum Gasteiger partial charge on any atom is 0.384 e. The summed E-state index contributed by atoms with van der Waals surface area (Å²) in [6, 6.07) is 0. The Balaban J connectivity index is 3.50. The fraction of sp³-hybridized carbons (Fsp3) is 0.727. The van der Waals surface area contributed by atoms with Gasteiger partial charge >= 0.3 is 5.97 Å². The topological polar surface area (TPSA) is 46.5 Å². The average molecular weight is 198 g/mol. The lowest BCUT2D eigenvalue weighted by Gasteiger charge is -2.06. The first kappa shape index (κ1) is 13.0. The van der Waals surface area contributed by atoms with Gasteiger partial charge in [0.15, 0.2) is 0 Å². The molecule has 0 saturated heterocycles. The molecule has 80 valence electrons. The van der Waals surface area contributed by atoms with E-state index < -0.39 is 5.97 Å². The first-order valence-electron chi connectivity index (χ1n) is 4.95. The molecule has 0 aromatic heterocycles. The zero-order chi connectivity index (χ0) is 10.8. The Hall–Kier alpha value is -1.01. The lowest BCUT2D eigenvalue weighted by molar-refractivity contribution is -0.133. The average Bonchev–Trinajstić information content (AvgIpc) is 2.21. The second-order valence-corrected chi connectivity index (χ2v) is 3.13. The first-order valence-corrected chi connectivity index (χ1v) is 4.95. The normalized spacial score (nSPS) is 11.4. The van der Waals surface area contributed by atoms with E-state index in [1.165, 1.54) is 7.11 Å². The van der Waals surface area contributed by atoms with Crippen molar-refractivity contribution in [2.75, 3.05) is 7.11 Å². The molecule has 0 fully saturated rings. The van der Waals surface area contributed by atoms with Gasteiger partial charge in [-0.2, -0.15) is 0 Å². The van der Waals surface area contributed by atoms with E-state index in [1.54, 1.807) is 0 Å². The van der Waals surface area contributed by atoms with E-state index in [2.05, 4.69) is 23.5 Å². The smallest absolute Gasteiger partial charge is 0.384 e. The van der Waals surface area contributed by atoms with E-state index in [0.717, 1.165) is 19.3 Å². The molecule has 3 nitrogen and oxygen atoms in total. The fourth-order valence-electron chi connectivity index (χ4n) is 1.01. The summed E-state index contributed by atoms with van der Waals surface area (Å²) in [7, 11) is 1.30. The van der Waals surface area contributed by atoms with Crippen LogP contribution in [0.1, 0.15) is 39.0 Å². The molecule has 1 unspecified atom stereocenters. The third-order valence-corrected chi connectivity index (χ3v) is 1.87. The van der Waals surface area contributed by atoms with Gasteiger partial charge in [-0.3, -0.25) is 0 Å². The van der Waals surface area contributed by atoms with Crippen LogP contribution < -0.4 is 0 Å². The predicted octanol–water partition coefficient (Wildman–Crippen LogP) is 1.49. The standard InChI is InChI=1S/C11H18O3/c1-3-4-7-10(12)8-5-6-9-11(13)14-2/h10,12H,3-5,7-8H2,1-2H3. The monoisotopic (exact) mass is 198 g/mol. The maximum atomic E-state index is 10.6. The molecular formula is C11H18O3. The minimum absolute atomic E-state index is 0.290. The quantitative estimate of drug-likeness (QED) is 0.413. The van der Waals surface area contributed by atoms with E-state index in [-0.39, 0.29) is 6.10 Å². The van der Waals surface area contributed by atoms with Gasteiger partial charge in [-0.15, -0.1) is 0 Å². The Morgan fingerprint density at radius 2 is 2.21 bits per heavy atom. The van der Waals surface area contributed by atoms with Crippen molar-refractivity contribution in [3.63, 3.8) is 0 Å². The van der Waals surface area contributed by atoms with Gasteiger partial charge in [-0.25, -0.2) is 4.79 Å². The summed E-state index contributed by atoms with van der Waals surface area (Å²) in [4.78, 5) is 10.6. The van der Waals surface area contributed by atoms with Gasteiger partial charge in [-0.1, -0.05) is 25.7 Å². The van der Waals surface area contributed by atoms with Crippen LogP contribution in [0.25, 0.3) is 0 Å². The minimum Gasteiger partial charge on any atom is -0.459 e. The number of esters is 1. The highest BCUT2D eigenvalue weighted by Crippen LogP contribution is 2.05. The minimum atomic E-state index is -0.520. The molecule has 0 aliphatic heterocycles. The summed E-state index contributed by atoms with van der Waals surface area (Å²) in [5, 5.41) is 9.42. The van der Waals surface area contributed by atoms with Crippen LogP contribution in [0.2, 0.25) is 0 Å². The van der Waals surface area contributed by atoms with E-state index in [4.69, 9.17) is 0 Å². The Kier molecular flexibility index (Phi) is 7.96. The van der Waals surface area contributed by atoms with Crippen LogP contribution in [-0.4, -0.2) is 24.3 Å². The number of hydrogen-bond acceptors (Lipinski definition) is 3. The van der Waals surface area contributed by atoms with Crippen molar-refractivity contribution in [2.24, 2.45) is 0 Å². The lowest BCUT2D eigenvalue weighted by atomic mass is 10.1. The highest BCUT2D eigenvalue weighted by Gasteiger charge is 2.01. The van der Waals surface area contributed by atoms with Gasteiger partial charge in [0.25, 0.3) is 0 Å². The largest absolute Gasteiger partial charge is 0.459 e. The number of rotatable bonds is 5. The number of carbonyl (C=O) groups is 1. The predicted molar refractivity (Wildman–Crippen MR) is 54.6 cm³/mol. The molecule has 0 saturated carbocycles. The van der Waals surface area contributed by atoms with Crippen molar-refractivity contribution in [2.45, 2.75) is 45.1 Å². The Morgan fingerprint density at radius 3 is 2.79 bits per heavy atom. The number of aliphatic hydroxyl groups excluding tert-OH is 1. The lowest BCUT2D eigenvalue weighted by Crippen LogP contribution is -2.05. The number of hydrogen-bond donors (Lipinski definition) is 1. The van der Waals surface area contributed by atoms with Crippen molar-refractivity contribution in [1.29, 1.82) is 0 Å². The van der Waals surface area contributed by atoms with Crippen molar-refractivity contribution in [1.82, 2.24) is 0 Å². The molecule has 0 heterocycles. The van der Waals surface area contributed by atoms with Gasteiger partial charge in [0.1, 0.15) is 0 Å². The van der Waals surface area contributed by atoms with Crippen molar-refractivity contribution >= 4 is 5.97 Å². The zero-order valence-corrected chi connectivity index (χ0v) is 8.88. The first-order chi connectivity index (χ1) is 6.70. The SMILES string of the molecule is CCCCC(O)CCC#CC(=O)OC. The number of ether oxygens (including phenoxy) is 1. The van der Waals surface area contributed by atoms with E-state index in [9.17, 15) is 9.90 Å². The molecule has 0 aromatic carbocycles. The maximum absolute atomic E-state index is 10.6. The highest BCUT2D eigenvalue weighted by atomic mass is 16.5. The van der Waals surface area contributed by atoms with E-state index >= 15 is 0 Å². The van der Waals surface area contributed by atoms with Crippen LogP contribution in [0.3, 0.4) is 0 Å². The second kappa shape index (κ2) is 8.58. The molecule has 1 N–H and O–H groups in total. The van der Waals surface area contributed by atoms with Gasteiger partial charge < -0.3 is 9.84 Å². The molecule has 0 radical (unpaired) electrons. The molecule has 14 heavy (non-hydrogen) atoms. The van der Waals surface area contributed by atoms with Crippen molar-refractivity contribution < 1.29 is 14.6 Å². The van der Waals surface area contributed by atoms with Gasteiger partial charge in [0.05, 0.1) is 13.2 Å². The number of aliphatic hydroxyl groups is 1. The molecule has 3 heteroatoms. The molecule has 0 rings (SSSR count).